The van der Waals surface area contributed by atoms with Crippen LogP contribution in [0.25, 0.3) is 11.3 Å². The van der Waals surface area contributed by atoms with E-state index < -0.39 is 0 Å². The molecule has 5 nitrogen and oxygen atoms in total. The van der Waals surface area contributed by atoms with Gasteiger partial charge in [-0.25, -0.2) is 0 Å². The minimum Gasteiger partial charge on any atom is -0.494 e. The predicted octanol–water partition coefficient (Wildman–Crippen LogP) is 5.47. The molecule has 1 N–H and O–H groups in total. The second-order valence-corrected chi connectivity index (χ2v) is 7.93. The van der Waals surface area contributed by atoms with E-state index in [0.29, 0.717) is 17.3 Å². The Morgan fingerprint density at radius 3 is 2.66 bits per heavy atom. The van der Waals surface area contributed by atoms with Gasteiger partial charge in [0.25, 0.3) is 5.91 Å². The van der Waals surface area contributed by atoms with Crippen LogP contribution in [0.1, 0.15) is 54.8 Å². The first kappa shape index (κ1) is 19.5. The van der Waals surface area contributed by atoms with Crippen molar-refractivity contribution in [3.05, 3.63) is 70.4 Å². The first-order chi connectivity index (χ1) is 14.0. The summed E-state index contributed by atoms with van der Waals surface area (Å²) in [5, 5.41) is 8.12. The first-order valence-electron chi connectivity index (χ1n) is 9.91. The molecule has 1 amide bonds. The van der Waals surface area contributed by atoms with Crippen molar-refractivity contribution < 1.29 is 9.53 Å². The lowest BCUT2D eigenvalue weighted by atomic mass is 9.95. The first-order valence-corrected chi connectivity index (χ1v) is 10.3. The molecule has 0 radical (unpaired) electrons. The maximum absolute atomic E-state index is 13.2. The molecule has 6 heteroatoms. The van der Waals surface area contributed by atoms with Crippen LogP contribution in [0.3, 0.4) is 0 Å². The molecular weight excluding hydrogens is 386 g/mol. The van der Waals surface area contributed by atoms with Gasteiger partial charge in [0.1, 0.15) is 11.4 Å². The largest absolute Gasteiger partial charge is 0.494 e. The van der Waals surface area contributed by atoms with Crippen molar-refractivity contribution in [2.75, 3.05) is 6.61 Å². The summed E-state index contributed by atoms with van der Waals surface area (Å²) in [6, 6.07) is 15.3. The molecule has 0 bridgehead atoms. The van der Waals surface area contributed by atoms with Crippen LogP contribution in [0.15, 0.2) is 48.5 Å². The van der Waals surface area contributed by atoms with Gasteiger partial charge >= 0.3 is 0 Å². The zero-order valence-corrected chi connectivity index (χ0v) is 17.5. The van der Waals surface area contributed by atoms with E-state index >= 15 is 0 Å². The molecule has 1 aliphatic heterocycles. The number of H-pyrrole nitrogens is 1. The quantitative estimate of drug-likeness (QED) is 0.587. The van der Waals surface area contributed by atoms with Crippen molar-refractivity contribution in [3.8, 4) is 17.0 Å². The lowest BCUT2D eigenvalue weighted by Gasteiger charge is -2.30. The van der Waals surface area contributed by atoms with Gasteiger partial charge in [0, 0.05) is 22.2 Å². The van der Waals surface area contributed by atoms with Crippen LogP contribution in [0.5, 0.6) is 5.75 Å². The van der Waals surface area contributed by atoms with Gasteiger partial charge in [0.15, 0.2) is 0 Å². The number of halogens is 1. The Morgan fingerprint density at radius 2 is 1.97 bits per heavy atom. The average molecular weight is 410 g/mol. The second-order valence-electron chi connectivity index (χ2n) is 7.50. The number of benzene rings is 2. The predicted molar refractivity (Wildman–Crippen MR) is 114 cm³/mol. The molecule has 1 unspecified atom stereocenters. The Bertz CT molecular complexity index is 1030. The number of hydrogen-bond acceptors (Lipinski definition) is 3. The second kappa shape index (κ2) is 7.91. The molecule has 3 aromatic rings. The van der Waals surface area contributed by atoms with E-state index in [2.05, 4.69) is 17.1 Å². The van der Waals surface area contributed by atoms with Gasteiger partial charge in [-0.15, -0.1) is 0 Å². The number of amides is 1. The third kappa shape index (κ3) is 3.51. The summed E-state index contributed by atoms with van der Waals surface area (Å²) in [6.45, 7) is 6.80. The molecule has 0 fully saturated rings. The van der Waals surface area contributed by atoms with E-state index in [1.807, 2.05) is 67.3 Å². The van der Waals surface area contributed by atoms with E-state index in [9.17, 15) is 4.79 Å². The molecule has 0 spiro atoms. The molecule has 1 aliphatic rings. The Balaban J connectivity index is 1.84. The summed E-state index contributed by atoms with van der Waals surface area (Å²) in [5.41, 5.74) is 4.16. The zero-order chi connectivity index (χ0) is 20.5. The highest BCUT2D eigenvalue weighted by Gasteiger charge is 2.43. The van der Waals surface area contributed by atoms with E-state index in [1.165, 1.54) is 0 Å². The van der Waals surface area contributed by atoms with E-state index in [-0.39, 0.29) is 18.0 Å². The summed E-state index contributed by atoms with van der Waals surface area (Å²) in [7, 11) is 0. The number of nitrogens with zero attached hydrogens (tertiary/aromatic N) is 2. The smallest absolute Gasteiger partial charge is 0.273 e. The van der Waals surface area contributed by atoms with Crippen LogP contribution < -0.4 is 4.74 Å². The minimum atomic E-state index is -0.230. The van der Waals surface area contributed by atoms with Crippen LogP contribution in [-0.4, -0.2) is 33.7 Å². The molecule has 1 aromatic heterocycles. The molecule has 2 heterocycles. The van der Waals surface area contributed by atoms with Crippen LogP contribution in [-0.2, 0) is 0 Å². The van der Waals surface area contributed by atoms with E-state index in [1.54, 1.807) is 0 Å². The lowest BCUT2D eigenvalue weighted by molar-refractivity contribution is 0.0687. The van der Waals surface area contributed by atoms with Crippen molar-refractivity contribution in [3.63, 3.8) is 0 Å². The van der Waals surface area contributed by atoms with Gasteiger partial charge in [0.2, 0.25) is 0 Å². The highest BCUT2D eigenvalue weighted by molar-refractivity contribution is 6.30. The molecule has 0 saturated carbocycles. The molecule has 29 heavy (non-hydrogen) atoms. The topological polar surface area (TPSA) is 58.2 Å². The summed E-state index contributed by atoms with van der Waals surface area (Å²) in [6.07, 6.45) is 0.941. The summed E-state index contributed by atoms with van der Waals surface area (Å²) in [4.78, 5) is 15.1. The fourth-order valence-electron chi connectivity index (χ4n) is 3.85. The van der Waals surface area contributed by atoms with Crippen molar-refractivity contribution in [1.82, 2.24) is 15.1 Å². The Kier molecular flexibility index (Phi) is 5.33. The van der Waals surface area contributed by atoms with E-state index in [4.69, 9.17) is 16.3 Å². The maximum Gasteiger partial charge on any atom is 0.273 e. The number of aromatic nitrogens is 2. The summed E-state index contributed by atoms with van der Waals surface area (Å²) < 4.78 is 5.83. The fourth-order valence-corrected chi connectivity index (χ4v) is 3.97. The van der Waals surface area contributed by atoms with Crippen LogP contribution in [0, 0.1) is 0 Å². The molecule has 0 saturated heterocycles. The van der Waals surface area contributed by atoms with Gasteiger partial charge in [-0.2, -0.15) is 5.10 Å². The van der Waals surface area contributed by atoms with Gasteiger partial charge in [-0.3, -0.25) is 9.89 Å². The number of ether oxygens (including phenoxy) is 1. The highest BCUT2D eigenvalue weighted by Crippen LogP contribution is 2.44. The Hall–Kier alpha value is -2.79. The van der Waals surface area contributed by atoms with Gasteiger partial charge in [0.05, 0.1) is 18.3 Å². The minimum absolute atomic E-state index is 0.0339. The van der Waals surface area contributed by atoms with Gasteiger partial charge < -0.3 is 9.64 Å². The summed E-state index contributed by atoms with van der Waals surface area (Å²) >= 11 is 6.06. The monoisotopic (exact) mass is 409 g/mol. The number of hydrogen-bond donors (Lipinski definition) is 1. The maximum atomic E-state index is 13.2. The number of nitrogens with one attached hydrogen (secondary N) is 1. The zero-order valence-electron chi connectivity index (χ0n) is 16.8. The third-order valence-corrected chi connectivity index (χ3v) is 5.38. The van der Waals surface area contributed by atoms with Gasteiger partial charge in [-0.1, -0.05) is 42.8 Å². The SMILES string of the molecule is CCCOc1cccc(C2c3c(-c4ccc(Cl)cc4)n[nH]c3C(=O)N2C(C)C)c1. The Labute approximate surface area is 175 Å². The van der Waals surface area contributed by atoms with Crippen molar-refractivity contribution in [2.45, 2.75) is 39.3 Å². The molecule has 0 aliphatic carbocycles. The molecule has 1 atom stereocenters. The standard InChI is InChI=1S/C23H24ClN3O2/c1-4-12-29-18-7-5-6-16(13-18)22-19-20(15-8-10-17(24)11-9-15)25-26-21(19)23(28)27(22)14(2)3/h5-11,13-14,22H,4,12H2,1-3H3,(H,25,26). The number of carbonyl (C=O) groups excluding carboxylic acids is 1. The van der Waals surface area contributed by atoms with Crippen LogP contribution in [0.2, 0.25) is 5.02 Å². The fraction of sp³-hybridized carbons (Fsp3) is 0.304. The number of fused-ring (bicyclic) bond motifs is 1. The van der Waals surface area contributed by atoms with Crippen molar-refractivity contribution in [2.24, 2.45) is 0 Å². The average Bonchev–Trinajstić information content (AvgIpc) is 3.26. The van der Waals surface area contributed by atoms with Crippen LogP contribution in [0.4, 0.5) is 0 Å². The van der Waals surface area contributed by atoms with Crippen molar-refractivity contribution in [1.29, 1.82) is 0 Å². The van der Waals surface area contributed by atoms with E-state index in [0.717, 1.165) is 34.6 Å². The molecule has 4 rings (SSSR count). The normalized spacial score (nSPS) is 15.8. The number of carbonyl (C=O) groups is 1. The summed E-state index contributed by atoms with van der Waals surface area (Å²) in [5.74, 6) is 0.776. The highest BCUT2D eigenvalue weighted by atomic mass is 35.5. The molecular formula is C23H24ClN3O2. The Morgan fingerprint density at radius 1 is 1.21 bits per heavy atom. The third-order valence-electron chi connectivity index (χ3n) is 5.12. The lowest BCUT2D eigenvalue weighted by Crippen LogP contribution is -2.35. The van der Waals surface area contributed by atoms with Crippen LogP contribution >= 0.6 is 11.6 Å². The number of aromatic amines is 1. The molecule has 2 aromatic carbocycles. The molecule has 150 valence electrons. The van der Waals surface area contributed by atoms with Crippen molar-refractivity contribution >= 4 is 17.5 Å². The van der Waals surface area contributed by atoms with Gasteiger partial charge in [-0.05, 0) is 50.1 Å². The number of rotatable bonds is 6.